The number of carboxylic acid groups (broad SMARTS) is 1. The van der Waals surface area contributed by atoms with Crippen LogP contribution in [0.3, 0.4) is 0 Å². The van der Waals surface area contributed by atoms with E-state index in [0.29, 0.717) is 5.56 Å². The number of hydrogen-bond acceptors (Lipinski definition) is 4. The van der Waals surface area contributed by atoms with Crippen molar-refractivity contribution >= 4 is 5.97 Å². The molecular formula is C10H12O5. The van der Waals surface area contributed by atoms with E-state index < -0.39 is 18.2 Å². The van der Waals surface area contributed by atoms with E-state index >= 15 is 0 Å². The molecular weight excluding hydrogens is 200 g/mol. The van der Waals surface area contributed by atoms with Crippen molar-refractivity contribution in [2.45, 2.75) is 19.1 Å². The lowest BCUT2D eigenvalue weighted by Gasteiger charge is -2.14. The summed E-state index contributed by atoms with van der Waals surface area (Å²) in [5.41, 5.74) is 0.767. The Labute approximate surface area is 86.2 Å². The molecule has 0 aliphatic heterocycles. The van der Waals surface area contributed by atoms with E-state index in [1.807, 2.05) is 0 Å². The predicted molar refractivity (Wildman–Crippen MR) is 51.4 cm³/mol. The molecule has 2 unspecified atom stereocenters. The summed E-state index contributed by atoms with van der Waals surface area (Å²) < 4.78 is 0. The maximum atomic E-state index is 10.4. The van der Waals surface area contributed by atoms with Crippen LogP contribution in [-0.2, 0) is 4.79 Å². The molecule has 0 aliphatic rings. The smallest absolute Gasteiger partial charge is 0.335 e. The molecule has 0 heterocycles. The number of phenols is 1. The molecule has 5 nitrogen and oxygen atoms in total. The fraction of sp³-hybridized carbons (Fsp3) is 0.300. The Kier molecular flexibility index (Phi) is 3.28. The quantitative estimate of drug-likeness (QED) is 0.573. The van der Waals surface area contributed by atoms with Crippen molar-refractivity contribution in [3.05, 3.63) is 29.3 Å². The van der Waals surface area contributed by atoms with Crippen LogP contribution >= 0.6 is 0 Å². The van der Waals surface area contributed by atoms with E-state index in [9.17, 15) is 15.0 Å². The summed E-state index contributed by atoms with van der Waals surface area (Å²) in [5, 5.41) is 36.3. The van der Waals surface area contributed by atoms with Crippen LogP contribution in [0.1, 0.15) is 17.2 Å². The van der Waals surface area contributed by atoms with E-state index in [2.05, 4.69) is 0 Å². The van der Waals surface area contributed by atoms with E-state index in [-0.39, 0.29) is 11.3 Å². The molecule has 0 saturated heterocycles. The van der Waals surface area contributed by atoms with E-state index in [1.54, 1.807) is 6.92 Å². The molecule has 1 aromatic rings. The van der Waals surface area contributed by atoms with Crippen LogP contribution in [-0.4, -0.2) is 32.5 Å². The summed E-state index contributed by atoms with van der Waals surface area (Å²) in [4.78, 5) is 10.4. The third kappa shape index (κ3) is 2.45. The highest BCUT2D eigenvalue weighted by atomic mass is 16.4. The molecule has 4 N–H and O–H groups in total. The van der Waals surface area contributed by atoms with Gasteiger partial charge >= 0.3 is 5.97 Å². The lowest BCUT2D eigenvalue weighted by Crippen LogP contribution is -2.27. The molecule has 1 aromatic carbocycles. The van der Waals surface area contributed by atoms with Crippen molar-refractivity contribution in [2.75, 3.05) is 0 Å². The largest absolute Gasteiger partial charge is 0.508 e. The summed E-state index contributed by atoms with van der Waals surface area (Å²) in [6, 6.07) is 4.21. The molecule has 82 valence electrons. The minimum absolute atomic E-state index is 0.0517. The highest BCUT2D eigenvalue weighted by Gasteiger charge is 2.25. The molecule has 0 amide bonds. The standard InChI is InChI=1S/C10H12O5/c1-5-2-3-6(4-7(5)11)8(12)9(13)10(14)15/h2-4,8-9,11-13H,1H3,(H,14,15). The molecule has 0 radical (unpaired) electrons. The summed E-state index contributed by atoms with van der Waals surface area (Å²) in [5.74, 6) is -1.56. The molecule has 0 bridgehead atoms. The molecule has 1 rings (SSSR count). The molecule has 5 heteroatoms. The number of benzene rings is 1. The fourth-order valence-corrected chi connectivity index (χ4v) is 1.13. The van der Waals surface area contributed by atoms with Gasteiger partial charge in [0.1, 0.15) is 11.9 Å². The normalized spacial score (nSPS) is 14.6. The van der Waals surface area contributed by atoms with Crippen LogP contribution in [0.5, 0.6) is 5.75 Å². The van der Waals surface area contributed by atoms with Gasteiger partial charge in [0, 0.05) is 0 Å². The third-order valence-corrected chi connectivity index (χ3v) is 2.13. The second kappa shape index (κ2) is 4.29. The van der Waals surface area contributed by atoms with Gasteiger partial charge in [-0.3, -0.25) is 0 Å². The number of aliphatic carboxylic acids is 1. The van der Waals surface area contributed by atoms with E-state index in [0.717, 1.165) is 0 Å². The van der Waals surface area contributed by atoms with E-state index in [1.165, 1.54) is 18.2 Å². The first-order valence-corrected chi connectivity index (χ1v) is 4.32. The van der Waals surface area contributed by atoms with Crippen LogP contribution < -0.4 is 0 Å². The molecule has 0 fully saturated rings. The van der Waals surface area contributed by atoms with Crippen molar-refractivity contribution < 1.29 is 25.2 Å². The number of hydrogen-bond donors (Lipinski definition) is 4. The van der Waals surface area contributed by atoms with Gasteiger partial charge in [-0.05, 0) is 24.1 Å². The zero-order valence-electron chi connectivity index (χ0n) is 8.08. The van der Waals surface area contributed by atoms with Gasteiger partial charge in [-0.25, -0.2) is 4.79 Å². The van der Waals surface area contributed by atoms with Crippen LogP contribution in [0.15, 0.2) is 18.2 Å². The Balaban J connectivity index is 2.96. The molecule has 0 aliphatic carbocycles. The summed E-state index contributed by atoms with van der Waals surface area (Å²) in [6.45, 7) is 1.67. The van der Waals surface area contributed by atoms with Crippen molar-refractivity contribution in [2.24, 2.45) is 0 Å². The van der Waals surface area contributed by atoms with Crippen LogP contribution in [0, 0.1) is 6.92 Å². The van der Waals surface area contributed by atoms with Crippen molar-refractivity contribution in [1.29, 1.82) is 0 Å². The van der Waals surface area contributed by atoms with Gasteiger partial charge in [0.2, 0.25) is 0 Å². The summed E-state index contributed by atoms with van der Waals surface area (Å²) in [6.07, 6.45) is -3.44. The van der Waals surface area contributed by atoms with Gasteiger partial charge in [-0.1, -0.05) is 12.1 Å². The minimum Gasteiger partial charge on any atom is -0.508 e. The predicted octanol–water partition coefficient (Wildman–Crippen LogP) is 0.180. The first-order chi connectivity index (χ1) is 6.93. The fourth-order valence-electron chi connectivity index (χ4n) is 1.13. The van der Waals surface area contributed by atoms with Crippen molar-refractivity contribution in [1.82, 2.24) is 0 Å². The molecule has 0 aromatic heterocycles. The summed E-state index contributed by atoms with van der Waals surface area (Å²) >= 11 is 0. The maximum Gasteiger partial charge on any atom is 0.335 e. The Morgan fingerprint density at radius 1 is 1.33 bits per heavy atom. The van der Waals surface area contributed by atoms with Crippen LogP contribution in [0.25, 0.3) is 0 Å². The Hall–Kier alpha value is -1.59. The van der Waals surface area contributed by atoms with Gasteiger partial charge in [0.25, 0.3) is 0 Å². The Morgan fingerprint density at radius 2 is 1.93 bits per heavy atom. The van der Waals surface area contributed by atoms with Gasteiger partial charge < -0.3 is 20.4 Å². The average Bonchev–Trinajstić information content (AvgIpc) is 2.19. The number of phenolic OH excluding ortho intramolecular Hbond substituents is 1. The third-order valence-electron chi connectivity index (χ3n) is 2.13. The number of carbonyl (C=O) groups is 1. The molecule has 0 saturated carbocycles. The van der Waals surface area contributed by atoms with Gasteiger partial charge in [0.05, 0.1) is 0 Å². The monoisotopic (exact) mass is 212 g/mol. The van der Waals surface area contributed by atoms with Crippen LogP contribution in [0.4, 0.5) is 0 Å². The highest BCUT2D eigenvalue weighted by molar-refractivity contribution is 5.73. The first kappa shape index (κ1) is 11.5. The number of aliphatic hydroxyl groups is 2. The second-order valence-corrected chi connectivity index (χ2v) is 3.27. The van der Waals surface area contributed by atoms with Crippen molar-refractivity contribution in [3.63, 3.8) is 0 Å². The highest BCUT2D eigenvalue weighted by Crippen LogP contribution is 2.24. The summed E-state index contributed by atoms with van der Waals surface area (Å²) in [7, 11) is 0. The zero-order valence-corrected chi connectivity index (χ0v) is 8.08. The SMILES string of the molecule is Cc1ccc(C(O)C(O)C(=O)O)cc1O. The zero-order chi connectivity index (χ0) is 11.6. The number of aromatic hydroxyl groups is 1. The van der Waals surface area contributed by atoms with Gasteiger partial charge in [0.15, 0.2) is 6.10 Å². The minimum atomic E-state index is -1.90. The number of rotatable bonds is 3. The van der Waals surface area contributed by atoms with Gasteiger partial charge in [-0.2, -0.15) is 0 Å². The average molecular weight is 212 g/mol. The van der Waals surface area contributed by atoms with Gasteiger partial charge in [-0.15, -0.1) is 0 Å². The lowest BCUT2D eigenvalue weighted by molar-refractivity contribution is -0.153. The van der Waals surface area contributed by atoms with Crippen LogP contribution in [0.2, 0.25) is 0 Å². The maximum absolute atomic E-state index is 10.4. The van der Waals surface area contributed by atoms with E-state index in [4.69, 9.17) is 10.2 Å². The Morgan fingerprint density at radius 3 is 2.40 bits per heavy atom. The molecule has 2 atom stereocenters. The number of aliphatic hydroxyl groups excluding tert-OH is 2. The topological polar surface area (TPSA) is 98.0 Å². The molecule has 0 spiro atoms. The lowest BCUT2D eigenvalue weighted by atomic mass is 10.0. The second-order valence-electron chi connectivity index (χ2n) is 3.27. The number of carboxylic acids is 1. The van der Waals surface area contributed by atoms with Crippen molar-refractivity contribution in [3.8, 4) is 5.75 Å². The number of aryl methyl sites for hydroxylation is 1. The Bertz CT molecular complexity index is 374. The molecule has 15 heavy (non-hydrogen) atoms. The first-order valence-electron chi connectivity index (χ1n) is 4.32.